The van der Waals surface area contributed by atoms with Crippen molar-refractivity contribution in [3.8, 4) is 5.75 Å². The molecule has 1 heterocycles. The van der Waals surface area contributed by atoms with Gasteiger partial charge in [-0.15, -0.1) is 0 Å². The van der Waals surface area contributed by atoms with Crippen molar-refractivity contribution in [1.82, 2.24) is 9.55 Å². The smallest absolute Gasteiger partial charge is 0.261 e. The Hall–Kier alpha value is -2.04. The van der Waals surface area contributed by atoms with Crippen LogP contribution in [-0.2, 0) is 6.54 Å². The van der Waals surface area contributed by atoms with E-state index >= 15 is 0 Å². The van der Waals surface area contributed by atoms with Gasteiger partial charge in [0.1, 0.15) is 5.75 Å². The van der Waals surface area contributed by atoms with Crippen LogP contribution in [0.1, 0.15) is 12.8 Å². The quantitative estimate of drug-likeness (QED) is 0.603. The Balaban J connectivity index is 1.53. The molecule has 4 nitrogen and oxygen atoms in total. The largest absolute Gasteiger partial charge is 0.492 e. The van der Waals surface area contributed by atoms with Crippen LogP contribution in [0.3, 0.4) is 0 Å². The number of aromatic nitrogens is 2. The van der Waals surface area contributed by atoms with Crippen LogP contribution in [0.25, 0.3) is 10.9 Å². The molecule has 0 unspecified atom stereocenters. The first-order valence-electron chi connectivity index (χ1n) is 7.67. The van der Waals surface area contributed by atoms with Gasteiger partial charge in [-0.2, -0.15) is 0 Å². The zero-order valence-corrected chi connectivity index (χ0v) is 14.4. The Labute approximate surface area is 149 Å². The SMILES string of the molecule is O=c1c2ccccc2ncn1CCCCOc1ccc(Cl)cc1Cl. The molecule has 0 bridgehead atoms. The van der Waals surface area contributed by atoms with Crippen LogP contribution in [0, 0.1) is 0 Å². The molecule has 0 amide bonds. The fraction of sp³-hybridized carbons (Fsp3) is 0.222. The third kappa shape index (κ3) is 3.89. The molecule has 1 aromatic heterocycles. The third-order valence-corrected chi connectivity index (χ3v) is 4.21. The molecule has 2 aromatic carbocycles. The lowest BCUT2D eigenvalue weighted by atomic mass is 10.2. The molecule has 24 heavy (non-hydrogen) atoms. The number of rotatable bonds is 6. The zero-order valence-electron chi connectivity index (χ0n) is 12.9. The number of unbranched alkanes of at least 4 members (excludes halogenated alkanes) is 1. The minimum absolute atomic E-state index is 0.0118. The summed E-state index contributed by atoms with van der Waals surface area (Å²) in [6.45, 7) is 1.13. The minimum Gasteiger partial charge on any atom is -0.492 e. The summed E-state index contributed by atoms with van der Waals surface area (Å²) < 4.78 is 7.27. The van der Waals surface area contributed by atoms with Crippen molar-refractivity contribution in [2.45, 2.75) is 19.4 Å². The predicted octanol–water partition coefficient (Wildman–Crippen LogP) is 4.56. The van der Waals surface area contributed by atoms with Gasteiger partial charge in [0.25, 0.3) is 5.56 Å². The number of halogens is 2. The fourth-order valence-corrected chi connectivity index (χ4v) is 2.89. The van der Waals surface area contributed by atoms with Gasteiger partial charge in [-0.1, -0.05) is 35.3 Å². The van der Waals surface area contributed by atoms with Crippen LogP contribution in [0.4, 0.5) is 0 Å². The summed E-state index contributed by atoms with van der Waals surface area (Å²) in [7, 11) is 0. The molecule has 0 aliphatic heterocycles. The number of aryl methyl sites for hydroxylation is 1. The van der Waals surface area contributed by atoms with E-state index in [0.717, 1.165) is 18.4 Å². The molecule has 3 rings (SSSR count). The molecule has 0 aliphatic carbocycles. The number of benzene rings is 2. The highest BCUT2D eigenvalue weighted by Gasteiger charge is 2.04. The van der Waals surface area contributed by atoms with Gasteiger partial charge >= 0.3 is 0 Å². The molecule has 0 spiro atoms. The molecule has 124 valence electrons. The molecule has 6 heteroatoms. The standard InChI is InChI=1S/C18H16Cl2N2O2/c19-13-7-8-17(15(20)11-13)24-10-4-3-9-22-12-21-16-6-2-1-5-14(16)18(22)23/h1-2,5-8,11-12H,3-4,9-10H2. The van der Waals surface area contributed by atoms with Crippen molar-refractivity contribution in [1.29, 1.82) is 0 Å². The first-order valence-corrected chi connectivity index (χ1v) is 8.43. The highest BCUT2D eigenvalue weighted by Crippen LogP contribution is 2.27. The molecular weight excluding hydrogens is 347 g/mol. The van der Waals surface area contributed by atoms with Crippen molar-refractivity contribution < 1.29 is 4.74 Å². The summed E-state index contributed by atoms with van der Waals surface area (Å²) in [5, 5.41) is 1.72. The van der Waals surface area contributed by atoms with E-state index in [1.807, 2.05) is 18.2 Å². The van der Waals surface area contributed by atoms with Gasteiger partial charge in [-0.3, -0.25) is 9.36 Å². The number of fused-ring (bicyclic) bond motifs is 1. The van der Waals surface area contributed by atoms with E-state index in [1.165, 1.54) is 0 Å². The summed E-state index contributed by atoms with van der Waals surface area (Å²) in [5.41, 5.74) is 0.710. The highest BCUT2D eigenvalue weighted by molar-refractivity contribution is 6.35. The topological polar surface area (TPSA) is 44.1 Å². The lowest BCUT2D eigenvalue weighted by molar-refractivity contribution is 0.303. The zero-order chi connectivity index (χ0) is 16.9. The van der Waals surface area contributed by atoms with Crippen LogP contribution < -0.4 is 10.3 Å². The monoisotopic (exact) mass is 362 g/mol. The second-order valence-corrected chi connectivity index (χ2v) is 6.23. The van der Waals surface area contributed by atoms with Crippen LogP contribution in [0.15, 0.2) is 53.6 Å². The predicted molar refractivity (Wildman–Crippen MR) is 97.2 cm³/mol. The number of hydrogen-bond acceptors (Lipinski definition) is 3. The second-order valence-electron chi connectivity index (χ2n) is 5.39. The third-order valence-electron chi connectivity index (χ3n) is 3.68. The maximum absolute atomic E-state index is 12.4. The van der Waals surface area contributed by atoms with Gasteiger partial charge in [0.15, 0.2) is 0 Å². The van der Waals surface area contributed by atoms with Crippen molar-refractivity contribution in [2.24, 2.45) is 0 Å². The van der Waals surface area contributed by atoms with E-state index in [1.54, 1.807) is 35.2 Å². The van der Waals surface area contributed by atoms with Gasteiger partial charge in [0.05, 0.1) is 28.9 Å². The fourth-order valence-electron chi connectivity index (χ4n) is 2.42. The maximum atomic E-state index is 12.4. The van der Waals surface area contributed by atoms with Gasteiger partial charge in [0, 0.05) is 11.6 Å². The van der Waals surface area contributed by atoms with Gasteiger partial charge in [0.2, 0.25) is 0 Å². The number of hydrogen-bond donors (Lipinski definition) is 0. The van der Waals surface area contributed by atoms with Gasteiger partial charge < -0.3 is 4.74 Å². The molecule has 0 N–H and O–H groups in total. The summed E-state index contributed by atoms with van der Waals surface area (Å²) in [4.78, 5) is 16.7. The second kappa shape index (κ2) is 7.69. The summed E-state index contributed by atoms with van der Waals surface area (Å²) in [6.07, 6.45) is 3.21. The normalized spacial score (nSPS) is 10.9. The van der Waals surface area contributed by atoms with Crippen molar-refractivity contribution >= 4 is 34.1 Å². The highest BCUT2D eigenvalue weighted by atomic mass is 35.5. The molecule has 0 saturated heterocycles. The number of nitrogens with zero attached hydrogens (tertiary/aromatic N) is 2. The van der Waals surface area contributed by atoms with Crippen LogP contribution >= 0.6 is 23.2 Å². The van der Waals surface area contributed by atoms with Gasteiger partial charge in [-0.05, 0) is 43.2 Å². The lowest BCUT2D eigenvalue weighted by Crippen LogP contribution is -2.20. The average molecular weight is 363 g/mol. The first-order chi connectivity index (χ1) is 11.6. The Bertz CT molecular complexity index is 909. The van der Waals surface area contributed by atoms with E-state index in [9.17, 15) is 4.79 Å². The van der Waals surface area contributed by atoms with E-state index in [4.69, 9.17) is 27.9 Å². The first kappa shape index (κ1) is 16.8. The Morgan fingerprint density at radius 1 is 1.08 bits per heavy atom. The van der Waals surface area contributed by atoms with Crippen molar-refractivity contribution in [2.75, 3.05) is 6.61 Å². The van der Waals surface area contributed by atoms with Gasteiger partial charge in [-0.25, -0.2) is 4.98 Å². The summed E-state index contributed by atoms with van der Waals surface area (Å²) in [6, 6.07) is 12.5. The van der Waals surface area contributed by atoms with Crippen LogP contribution in [-0.4, -0.2) is 16.2 Å². The minimum atomic E-state index is -0.0118. The molecule has 0 aliphatic rings. The van der Waals surface area contributed by atoms with Crippen LogP contribution in [0.2, 0.25) is 10.0 Å². The van der Waals surface area contributed by atoms with Crippen molar-refractivity contribution in [3.05, 3.63) is 69.2 Å². The van der Waals surface area contributed by atoms with E-state index in [0.29, 0.717) is 34.3 Å². The molecule has 0 radical (unpaired) electrons. The molecule has 0 saturated carbocycles. The summed E-state index contributed by atoms with van der Waals surface area (Å²) >= 11 is 11.9. The lowest BCUT2D eigenvalue weighted by Gasteiger charge is -2.09. The Morgan fingerprint density at radius 2 is 1.92 bits per heavy atom. The maximum Gasteiger partial charge on any atom is 0.261 e. The average Bonchev–Trinajstić information content (AvgIpc) is 2.58. The molecule has 3 aromatic rings. The Morgan fingerprint density at radius 3 is 2.75 bits per heavy atom. The molecule has 0 fully saturated rings. The van der Waals surface area contributed by atoms with E-state index in [-0.39, 0.29) is 5.56 Å². The van der Waals surface area contributed by atoms with Crippen LogP contribution in [0.5, 0.6) is 5.75 Å². The number of para-hydroxylation sites is 1. The molecule has 0 atom stereocenters. The summed E-state index contributed by atoms with van der Waals surface area (Å²) in [5.74, 6) is 0.616. The Kier molecular flexibility index (Phi) is 5.38. The van der Waals surface area contributed by atoms with E-state index < -0.39 is 0 Å². The van der Waals surface area contributed by atoms with Crippen molar-refractivity contribution in [3.63, 3.8) is 0 Å². The van der Waals surface area contributed by atoms with E-state index in [2.05, 4.69) is 4.98 Å². The number of ether oxygens (including phenoxy) is 1. The molecular formula is C18H16Cl2N2O2.